The Hall–Kier alpha value is -2.20. The molecule has 0 saturated heterocycles. The third-order valence-electron chi connectivity index (χ3n) is 3.48. The summed E-state index contributed by atoms with van der Waals surface area (Å²) in [7, 11) is 0. The third-order valence-corrected chi connectivity index (χ3v) is 3.48. The Labute approximate surface area is 120 Å². The van der Waals surface area contributed by atoms with Crippen LogP contribution in [-0.4, -0.2) is 5.54 Å². The van der Waals surface area contributed by atoms with E-state index in [0.717, 1.165) is 25.7 Å². The van der Waals surface area contributed by atoms with E-state index in [-0.39, 0.29) is 5.54 Å². The van der Waals surface area contributed by atoms with E-state index in [4.69, 9.17) is 10.5 Å². The molecule has 0 spiro atoms. The van der Waals surface area contributed by atoms with E-state index >= 15 is 0 Å². The lowest BCUT2D eigenvalue weighted by Gasteiger charge is -2.21. The van der Waals surface area contributed by atoms with Gasteiger partial charge < -0.3 is 0 Å². The van der Waals surface area contributed by atoms with E-state index in [1.54, 1.807) is 18.2 Å². The van der Waals surface area contributed by atoms with Gasteiger partial charge in [0.15, 0.2) is 0 Å². The molecule has 0 aliphatic heterocycles. The van der Waals surface area contributed by atoms with Crippen molar-refractivity contribution in [2.45, 2.75) is 52.0 Å². The van der Waals surface area contributed by atoms with Gasteiger partial charge in [-0.05, 0) is 38.0 Å². The highest BCUT2D eigenvalue weighted by molar-refractivity contribution is 5.56. The summed E-state index contributed by atoms with van der Waals surface area (Å²) in [5, 5.41) is 26.6. The molecule has 0 heterocycles. The number of nitrogens with zero attached hydrogens (tertiary/aromatic N) is 4. The fourth-order valence-corrected chi connectivity index (χ4v) is 1.81. The summed E-state index contributed by atoms with van der Waals surface area (Å²) in [6.45, 7) is 6.34. The summed E-state index contributed by atoms with van der Waals surface area (Å²) in [5.41, 5.74) is 1.20. The van der Waals surface area contributed by atoms with Crippen molar-refractivity contribution in [2.24, 2.45) is 10.2 Å². The summed E-state index contributed by atoms with van der Waals surface area (Å²) < 4.78 is 0. The molecule has 1 atom stereocenters. The Morgan fingerprint density at radius 1 is 1.20 bits per heavy atom. The van der Waals surface area contributed by atoms with Gasteiger partial charge in [-0.15, -0.1) is 0 Å². The zero-order chi connectivity index (χ0) is 15.0. The molecule has 0 aliphatic carbocycles. The van der Waals surface area contributed by atoms with Gasteiger partial charge in [0, 0.05) is 0 Å². The molecule has 0 aromatic heterocycles. The molecule has 0 N–H and O–H groups in total. The molecule has 0 radical (unpaired) electrons. The van der Waals surface area contributed by atoms with E-state index in [2.05, 4.69) is 37.1 Å². The minimum atomic E-state index is -0.184. The van der Waals surface area contributed by atoms with Gasteiger partial charge in [-0.25, -0.2) is 0 Å². The van der Waals surface area contributed by atoms with E-state index in [1.807, 2.05) is 6.07 Å². The van der Waals surface area contributed by atoms with Gasteiger partial charge in [0.25, 0.3) is 0 Å². The van der Waals surface area contributed by atoms with Crippen LogP contribution in [0.4, 0.5) is 5.69 Å². The van der Waals surface area contributed by atoms with Crippen LogP contribution in [0.1, 0.15) is 57.6 Å². The van der Waals surface area contributed by atoms with E-state index in [9.17, 15) is 0 Å². The van der Waals surface area contributed by atoms with Gasteiger partial charge in [0.05, 0.1) is 22.7 Å². The normalized spacial score (nSPS) is 13.7. The molecule has 4 nitrogen and oxygen atoms in total. The van der Waals surface area contributed by atoms with Gasteiger partial charge >= 0.3 is 0 Å². The second-order valence-corrected chi connectivity index (χ2v) is 5.11. The largest absolute Gasteiger partial charge is 0.192 e. The van der Waals surface area contributed by atoms with Crippen molar-refractivity contribution in [1.82, 2.24) is 0 Å². The lowest BCUT2D eigenvalue weighted by atomic mass is 9.93. The van der Waals surface area contributed by atoms with Crippen LogP contribution in [0.3, 0.4) is 0 Å². The smallest absolute Gasteiger partial charge is 0.103 e. The molecule has 1 rings (SSSR count). The Balaban J connectivity index is 3.00. The monoisotopic (exact) mass is 268 g/mol. The number of unbranched alkanes of at least 4 members (excludes halogenated alkanes) is 1. The lowest BCUT2D eigenvalue weighted by Crippen LogP contribution is -2.19. The zero-order valence-corrected chi connectivity index (χ0v) is 12.3. The lowest BCUT2D eigenvalue weighted by molar-refractivity contribution is 0.390. The maximum absolute atomic E-state index is 9.11. The minimum absolute atomic E-state index is 0.184. The standard InChI is InChI=1S/C16H20N4/c1-4-6-9-16(3,5-2)20-19-15-8-7-13(11-17)10-14(15)12-18/h7-8,10H,4-6,9H2,1-3H3. The average Bonchev–Trinajstić information content (AvgIpc) is 2.50. The van der Waals surface area contributed by atoms with Crippen LogP contribution in [0.15, 0.2) is 28.4 Å². The van der Waals surface area contributed by atoms with Crippen molar-refractivity contribution in [3.8, 4) is 12.1 Å². The van der Waals surface area contributed by atoms with Crippen molar-refractivity contribution >= 4 is 5.69 Å². The molecular weight excluding hydrogens is 248 g/mol. The molecule has 0 fully saturated rings. The van der Waals surface area contributed by atoms with Gasteiger partial charge in [0.1, 0.15) is 11.8 Å². The van der Waals surface area contributed by atoms with Crippen LogP contribution in [0.25, 0.3) is 0 Å². The molecule has 20 heavy (non-hydrogen) atoms. The molecule has 0 amide bonds. The highest BCUT2D eigenvalue weighted by atomic mass is 15.1. The van der Waals surface area contributed by atoms with E-state index in [1.165, 1.54) is 0 Å². The van der Waals surface area contributed by atoms with Crippen LogP contribution in [0.2, 0.25) is 0 Å². The molecule has 1 aromatic carbocycles. The number of rotatable bonds is 6. The molecule has 1 unspecified atom stereocenters. The first kappa shape index (κ1) is 15.9. The van der Waals surface area contributed by atoms with Crippen molar-refractivity contribution in [3.05, 3.63) is 29.3 Å². The second-order valence-electron chi connectivity index (χ2n) is 5.11. The molecule has 104 valence electrons. The fraction of sp³-hybridized carbons (Fsp3) is 0.500. The van der Waals surface area contributed by atoms with Crippen molar-refractivity contribution in [3.63, 3.8) is 0 Å². The molecule has 0 saturated carbocycles. The first-order valence-electron chi connectivity index (χ1n) is 6.95. The first-order valence-corrected chi connectivity index (χ1v) is 6.95. The Kier molecular flexibility index (Phi) is 5.87. The van der Waals surface area contributed by atoms with Crippen LogP contribution in [-0.2, 0) is 0 Å². The maximum atomic E-state index is 9.11. The quantitative estimate of drug-likeness (QED) is 0.690. The van der Waals surface area contributed by atoms with Gasteiger partial charge in [-0.2, -0.15) is 20.8 Å². The number of hydrogen-bond acceptors (Lipinski definition) is 4. The fourth-order valence-electron chi connectivity index (χ4n) is 1.81. The van der Waals surface area contributed by atoms with Crippen molar-refractivity contribution < 1.29 is 0 Å². The molecule has 1 aromatic rings. The number of hydrogen-bond donors (Lipinski definition) is 0. The summed E-state index contributed by atoms with van der Waals surface area (Å²) >= 11 is 0. The maximum Gasteiger partial charge on any atom is 0.103 e. The Morgan fingerprint density at radius 3 is 2.50 bits per heavy atom. The Bertz CT molecular complexity index is 563. The number of benzene rings is 1. The predicted octanol–water partition coefficient (Wildman–Crippen LogP) is 4.87. The number of azo groups is 1. The SMILES string of the molecule is CCCCC(C)(CC)N=Nc1ccc(C#N)cc1C#N. The summed E-state index contributed by atoms with van der Waals surface area (Å²) in [6, 6.07) is 8.96. The van der Waals surface area contributed by atoms with Gasteiger partial charge in [-0.1, -0.05) is 26.7 Å². The minimum Gasteiger partial charge on any atom is -0.192 e. The van der Waals surface area contributed by atoms with Crippen LogP contribution >= 0.6 is 0 Å². The highest BCUT2D eigenvalue weighted by Gasteiger charge is 2.20. The number of nitriles is 2. The van der Waals surface area contributed by atoms with E-state index in [0.29, 0.717) is 16.8 Å². The average molecular weight is 268 g/mol. The van der Waals surface area contributed by atoms with Gasteiger partial charge in [0.2, 0.25) is 0 Å². The van der Waals surface area contributed by atoms with Crippen LogP contribution in [0.5, 0.6) is 0 Å². The summed E-state index contributed by atoms with van der Waals surface area (Å²) in [5.74, 6) is 0. The third kappa shape index (κ3) is 4.17. The Morgan fingerprint density at radius 2 is 1.95 bits per heavy atom. The van der Waals surface area contributed by atoms with Gasteiger partial charge in [-0.3, -0.25) is 0 Å². The summed E-state index contributed by atoms with van der Waals surface area (Å²) in [4.78, 5) is 0. The molecule has 0 bridgehead atoms. The predicted molar refractivity (Wildman–Crippen MR) is 78.6 cm³/mol. The molecule has 4 heteroatoms. The zero-order valence-electron chi connectivity index (χ0n) is 12.3. The second kappa shape index (κ2) is 7.40. The van der Waals surface area contributed by atoms with Crippen molar-refractivity contribution in [1.29, 1.82) is 10.5 Å². The van der Waals surface area contributed by atoms with Crippen molar-refractivity contribution in [2.75, 3.05) is 0 Å². The highest BCUT2D eigenvalue weighted by Crippen LogP contribution is 2.27. The topological polar surface area (TPSA) is 72.3 Å². The first-order chi connectivity index (χ1) is 9.58. The molecule has 0 aliphatic rings. The van der Waals surface area contributed by atoms with Crippen LogP contribution < -0.4 is 0 Å². The molecular formula is C16H20N4. The van der Waals surface area contributed by atoms with Crippen LogP contribution in [0, 0.1) is 22.7 Å². The summed E-state index contributed by atoms with van der Waals surface area (Å²) in [6.07, 6.45) is 4.14. The van der Waals surface area contributed by atoms with E-state index < -0.39 is 0 Å².